The molecule has 0 fully saturated rings. The van der Waals surface area contributed by atoms with Gasteiger partial charge >= 0.3 is 12.1 Å². The lowest BCUT2D eigenvalue weighted by Gasteiger charge is -2.19. The highest BCUT2D eigenvalue weighted by Gasteiger charge is 2.30. The zero-order chi connectivity index (χ0) is 19.9. The third-order valence-electron chi connectivity index (χ3n) is 3.88. The lowest BCUT2D eigenvalue weighted by Crippen LogP contribution is -2.44. The van der Waals surface area contributed by atoms with Crippen molar-refractivity contribution in [3.63, 3.8) is 0 Å². The number of hydrogen-bond acceptors (Lipinski definition) is 3. The van der Waals surface area contributed by atoms with Gasteiger partial charge in [-0.2, -0.15) is 13.2 Å². The van der Waals surface area contributed by atoms with E-state index in [4.69, 9.17) is 10.8 Å². The van der Waals surface area contributed by atoms with Gasteiger partial charge in [0.25, 0.3) is 0 Å². The third kappa shape index (κ3) is 7.86. The van der Waals surface area contributed by atoms with Gasteiger partial charge in [-0.3, -0.25) is 9.59 Å². The smallest absolute Gasteiger partial charge is 0.416 e. The lowest BCUT2D eigenvalue weighted by atomic mass is 9.94. The summed E-state index contributed by atoms with van der Waals surface area (Å²) in [6, 6.07) is 3.67. The molecule has 0 aromatic heterocycles. The van der Waals surface area contributed by atoms with Gasteiger partial charge in [0.1, 0.15) is 0 Å². The van der Waals surface area contributed by atoms with Gasteiger partial charge in [-0.05, 0) is 36.3 Å². The first-order valence-electron chi connectivity index (χ1n) is 8.40. The van der Waals surface area contributed by atoms with Crippen LogP contribution in [0.25, 0.3) is 0 Å². The summed E-state index contributed by atoms with van der Waals surface area (Å²) in [5, 5.41) is 11.5. The van der Waals surface area contributed by atoms with Crippen molar-refractivity contribution < 1.29 is 27.9 Å². The number of carbonyl (C=O) groups excluding carboxylic acids is 1. The van der Waals surface area contributed by atoms with Crippen LogP contribution >= 0.6 is 0 Å². The highest BCUT2D eigenvalue weighted by Crippen LogP contribution is 2.29. The number of benzene rings is 1. The second-order valence-electron chi connectivity index (χ2n) is 6.85. The molecule has 1 aromatic rings. The fraction of sp³-hybridized carbons (Fsp3) is 0.556. The van der Waals surface area contributed by atoms with Crippen LogP contribution in [0.5, 0.6) is 0 Å². The van der Waals surface area contributed by atoms with Gasteiger partial charge in [0.15, 0.2) is 0 Å². The molecule has 0 aliphatic rings. The van der Waals surface area contributed by atoms with E-state index < -0.39 is 29.7 Å². The number of amides is 1. The number of carboxylic acid groups (broad SMARTS) is 1. The molecule has 2 atom stereocenters. The fourth-order valence-corrected chi connectivity index (χ4v) is 2.75. The molecule has 0 aliphatic heterocycles. The number of rotatable bonds is 9. The fourth-order valence-electron chi connectivity index (χ4n) is 2.75. The minimum absolute atomic E-state index is 0.0382. The number of hydrogen-bond donors (Lipinski definition) is 3. The Morgan fingerprint density at radius 3 is 2.46 bits per heavy atom. The number of carboxylic acids is 1. The second-order valence-corrected chi connectivity index (χ2v) is 6.85. The Morgan fingerprint density at radius 2 is 1.92 bits per heavy atom. The molecule has 0 aliphatic carbocycles. The van der Waals surface area contributed by atoms with Crippen LogP contribution in [0.4, 0.5) is 13.2 Å². The Bertz CT molecular complexity index is 618. The van der Waals surface area contributed by atoms with Crippen LogP contribution in [0.15, 0.2) is 24.3 Å². The molecule has 0 unspecified atom stereocenters. The summed E-state index contributed by atoms with van der Waals surface area (Å²) in [5.74, 6) is -1.41. The number of alkyl halides is 3. The monoisotopic (exact) mass is 374 g/mol. The summed E-state index contributed by atoms with van der Waals surface area (Å²) in [6.07, 6.45) is -3.93. The second kappa shape index (κ2) is 9.56. The average Bonchev–Trinajstić information content (AvgIpc) is 2.50. The molecule has 4 N–H and O–H groups in total. The molecular formula is C18H25F3N2O3. The predicted octanol–water partition coefficient (Wildman–Crippen LogP) is 2.83. The Morgan fingerprint density at radius 1 is 1.27 bits per heavy atom. The third-order valence-corrected chi connectivity index (χ3v) is 3.88. The molecule has 0 spiro atoms. The minimum Gasteiger partial charge on any atom is -0.481 e. The van der Waals surface area contributed by atoms with Gasteiger partial charge in [0.2, 0.25) is 5.91 Å². The standard InChI is InChI=1S/C18H25F3N2O3/c1-11(2)6-13(9-16(24)25)10-23-17(26)15(22)8-12-4-3-5-14(7-12)18(19,20)21/h3-5,7,11,13,15H,6,8-10,22H2,1-2H3,(H,23,26)(H,24,25)/t13-,15+/m0/s1. The van der Waals surface area contributed by atoms with Gasteiger partial charge < -0.3 is 16.2 Å². The molecule has 0 heterocycles. The summed E-state index contributed by atoms with van der Waals surface area (Å²) >= 11 is 0. The molecule has 5 nitrogen and oxygen atoms in total. The average molecular weight is 374 g/mol. The quantitative estimate of drug-likeness (QED) is 0.620. The molecule has 0 saturated heterocycles. The van der Waals surface area contributed by atoms with Crippen LogP contribution in [0.3, 0.4) is 0 Å². The number of aliphatic carboxylic acids is 1. The van der Waals surface area contributed by atoms with Crippen molar-refractivity contribution in [2.45, 2.75) is 45.3 Å². The van der Waals surface area contributed by atoms with Crippen LogP contribution in [0.2, 0.25) is 0 Å². The molecule has 0 radical (unpaired) electrons. The van der Waals surface area contributed by atoms with E-state index in [1.807, 2.05) is 13.8 Å². The van der Waals surface area contributed by atoms with Gasteiger partial charge in [0, 0.05) is 13.0 Å². The number of nitrogens with two attached hydrogens (primary N) is 1. The van der Waals surface area contributed by atoms with E-state index in [0.717, 1.165) is 12.1 Å². The molecule has 146 valence electrons. The van der Waals surface area contributed by atoms with Crippen LogP contribution in [0, 0.1) is 11.8 Å². The maximum absolute atomic E-state index is 12.7. The Hall–Kier alpha value is -2.09. The Kier molecular flexibility index (Phi) is 8.08. The topological polar surface area (TPSA) is 92.4 Å². The van der Waals surface area contributed by atoms with Crippen molar-refractivity contribution in [2.75, 3.05) is 6.54 Å². The molecule has 1 amide bonds. The van der Waals surface area contributed by atoms with Crippen molar-refractivity contribution in [3.8, 4) is 0 Å². The SMILES string of the molecule is CC(C)C[C@H](CNC(=O)[C@H](N)Cc1cccc(C(F)(F)F)c1)CC(=O)O. The molecule has 26 heavy (non-hydrogen) atoms. The summed E-state index contributed by atoms with van der Waals surface area (Å²) in [5.41, 5.74) is 5.31. The first-order valence-corrected chi connectivity index (χ1v) is 8.40. The molecule has 1 rings (SSSR count). The van der Waals surface area contributed by atoms with E-state index in [2.05, 4.69) is 5.32 Å². The van der Waals surface area contributed by atoms with Crippen LogP contribution < -0.4 is 11.1 Å². The summed E-state index contributed by atoms with van der Waals surface area (Å²) in [7, 11) is 0. The van der Waals surface area contributed by atoms with Crippen molar-refractivity contribution in [1.29, 1.82) is 0 Å². The summed E-state index contributed by atoms with van der Waals surface area (Å²) < 4.78 is 38.2. The summed E-state index contributed by atoms with van der Waals surface area (Å²) in [4.78, 5) is 23.0. The van der Waals surface area contributed by atoms with Crippen LogP contribution in [-0.4, -0.2) is 29.6 Å². The lowest BCUT2D eigenvalue weighted by molar-refractivity contribution is -0.139. The maximum Gasteiger partial charge on any atom is 0.416 e. The van der Waals surface area contributed by atoms with Gasteiger partial charge in [-0.25, -0.2) is 0 Å². The molecule has 0 bridgehead atoms. The van der Waals surface area contributed by atoms with E-state index in [9.17, 15) is 22.8 Å². The zero-order valence-electron chi connectivity index (χ0n) is 14.8. The molecule has 8 heteroatoms. The highest BCUT2D eigenvalue weighted by atomic mass is 19.4. The van der Waals surface area contributed by atoms with E-state index in [-0.39, 0.29) is 31.2 Å². The van der Waals surface area contributed by atoms with Crippen molar-refractivity contribution in [1.82, 2.24) is 5.32 Å². The van der Waals surface area contributed by atoms with Gasteiger partial charge in [0.05, 0.1) is 11.6 Å². The van der Waals surface area contributed by atoms with E-state index in [1.54, 1.807) is 0 Å². The minimum atomic E-state index is -4.46. The maximum atomic E-state index is 12.7. The Balaban J connectivity index is 2.63. The highest BCUT2D eigenvalue weighted by molar-refractivity contribution is 5.81. The molecular weight excluding hydrogens is 349 g/mol. The van der Waals surface area contributed by atoms with Gasteiger partial charge in [-0.15, -0.1) is 0 Å². The zero-order valence-corrected chi connectivity index (χ0v) is 14.8. The van der Waals surface area contributed by atoms with E-state index in [1.165, 1.54) is 12.1 Å². The van der Waals surface area contributed by atoms with Crippen LogP contribution in [-0.2, 0) is 22.2 Å². The number of carbonyl (C=O) groups is 2. The largest absolute Gasteiger partial charge is 0.481 e. The first kappa shape index (κ1) is 22.0. The van der Waals surface area contributed by atoms with Crippen molar-refractivity contribution in [3.05, 3.63) is 35.4 Å². The van der Waals surface area contributed by atoms with E-state index in [0.29, 0.717) is 12.0 Å². The van der Waals surface area contributed by atoms with Crippen LogP contribution in [0.1, 0.15) is 37.8 Å². The van der Waals surface area contributed by atoms with Crippen molar-refractivity contribution >= 4 is 11.9 Å². The molecule has 1 aromatic carbocycles. The first-order chi connectivity index (χ1) is 12.0. The molecule has 0 saturated carbocycles. The number of nitrogens with one attached hydrogen (secondary N) is 1. The predicted molar refractivity (Wildman–Crippen MR) is 91.3 cm³/mol. The van der Waals surface area contributed by atoms with Crippen molar-refractivity contribution in [2.24, 2.45) is 17.6 Å². The normalized spacial score (nSPS) is 14.1. The number of halogens is 3. The van der Waals surface area contributed by atoms with Gasteiger partial charge in [-0.1, -0.05) is 32.0 Å². The van der Waals surface area contributed by atoms with E-state index >= 15 is 0 Å². The summed E-state index contributed by atoms with van der Waals surface area (Å²) in [6.45, 7) is 4.08. The Labute approximate surface area is 150 Å².